The maximum atomic E-state index is 6.96. The molecule has 2 aliphatic heterocycles. The summed E-state index contributed by atoms with van der Waals surface area (Å²) in [6.07, 6.45) is 4.63. The summed E-state index contributed by atoms with van der Waals surface area (Å²) in [5, 5.41) is 2.24. The summed E-state index contributed by atoms with van der Waals surface area (Å²) in [5.41, 5.74) is 22.5. The topological polar surface area (TPSA) is 22.9 Å². The highest BCUT2D eigenvalue weighted by molar-refractivity contribution is 7.29. The van der Waals surface area contributed by atoms with Gasteiger partial charge in [0.25, 0.3) is 6.71 Å². The molecule has 2 aliphatic carbocycles. The molecule has 372 valence electrons. The van der Waals surface area contributed by atoms with Gasteiger partial charge in [0, 0.05) is 54.6 Å². The third-order valence-corrected chi connectivity index (χ3v) is 19.6. The molecule has 2 aromatic heterocycles. The van der Waals surface area contributed by atoms with Crippen molar-refractivity contribution in [2.45, 2.75) is 142 Å². The van der Waals surface area contributed by atoms with Crippen LogP contribution in [0, 0.1) is 0 Å². The van der Waals surface area contributed by atoms with Gasteiger partial charge < -0.3 is 19.1 Å². The van der Waals surface area contributed by atoms with Crippen LogP contribution in [0.3, 0.4) is 0 Å². The van der Waals surface area contributed by atoms with Gasteiger partial charge in [0.05, 0.1) is 17.1 Å². The summed E-state index contributed by atoms with van der Waals surface area (Å²) in [4.78, 5) is 9.40. The fourth-order valence-corrected chi connectivity index (χ4v) is 15.2. The maximum Gasteiger partial charge on any atom is 0.264 e. The highest BCUT2D eigenvalue weighted by Crippen LogP contribution is 2.58. The monoisotopic (exact) mass is 988 g/mol. The molecule has 0 N–H and O–H groups in total. The number of fused-ring (bicyclic) bond motifs is 10. The molecule has 13 rings (SSSR count). The summed E-state index contributed by atoms with van der Waals surface area (Å²) >= 11 is 2.12. The van der Waals surface area contributed by atoms with E-state index in [0.29, 0.717) is 11.8 Å². The molecule has 0 amide bonds. The van der Waals surface area contributed by atoms with E-state index in [4.69, 9.17) is 4.42 Å². The molecular formula is C68H70BN3OS. The van der Waals surface area contributed by atoms with E-state index in [1.807, 2.05) is 0 Å². The van der Waals surface area contributed by atoms with E-state index >= 15 is 0 Å². The molecular weight excluding hydrogens is 918 g/mol. The molecule has 0 saturated heterocycles. The quantitative estimate of drug-likeness (QED) is 0.148. The number of hydrogen-bond donors (Lipinski definition) is 0. The number of rotatable bonds is 7. The minimum atomic E-state index is -0.0465. The van der Waals surface area contributed by atoms with Crippen LogP contribution >= 0.6 is 11.3 Å². The number of anilines is 9. The summed E-state index contributed by atoms with van der Waals surface area (Å²) in [5.74, 6) is 0.796. The number of thiophene rings is 1. The number of benzene rings is 7. The van der Waals surface area contributed by atoms with Crippen LogP contribution in [0.15, 0.2) is 150 Å². The fraction of sp³-hybridized carbons (Fsp3) is 0.324. The van der Waals surface area contributed by atoms with Crippen LogP contribution in [0.1, 0.15) is 153 Å². The molecule has 4 nitrogen and oxygen atoms in total. The lowest BCUT2D eigenvalue weighted by atomic mass is 9.35. The Morgan fingerprint density at radius 2 is 1.15 bits per heavy atom. The van der Waals surface area contributed by atoms with Crippen molar-refractivity contribution in [1.82, 2.24) is 0 Å². The fourth-order valence-electron chi connectivity index (χ4n) is 13.5. The van der Waals surface area contributed by atoms with Gasteiger partial charge in [0.15, 0.2) is 5.58 Å². The van der Waals surface area contributed by atoms with Gasteiger partial charge in [0.2, 0.25) is 0 Å². The van der Waals surface area contributed by atoms with Crippen LogP contribution in [0.4, 0.5) is 51.2 Å². The van der Waals surface area contributed by atoms with Gasteiger partial charge in [-0.25, -0.2) is 0 Å². The van der Waals surface area contributed by atoms with E-state index in [9.17, 15) is 0 Å². The minimum Gasteiger partial charge on any atom is -0.454 e. The highest BCUT2D eigenvalue weighted by atomic mass is 32.1. The van der Waals surface area contributed by atoms with E-state index in [2.05, 4.69) is 255 Å². The molecule has 0 saturated carbocycles. The lowest BCUT2D eigenvalue weighted by molar-refractivity contribution is 0.332. The molecule has 9 aromatic rings. The molecule has 4 aliphatic rings. The third kappa shape index (κ3) is 7.06. The van der Waals surface area contributed by atoms with Crippen molar-refractivity contribution < 1.29 is 4.42 Å². The van der Waals surface area contributed by atoms with Crippen molar-refractivity contribution in [2.75, 3.05) is 14.7 Å². The van der Waals surface area contributed by atoms with E-state index < -0.39 is 0 Å². The van der Waals surface area contributed by atoms with Crippen LogP contribution in [0.2, 0.25) is 0 Å². The summed E-state index contributed by atoms with van der Waals surface area (Å²) in [6.45, 7) is 29.2. The summed E-state index contributed by atoms with van der Waals surface area (Å²) in [6, 6.07) is 55.6. The van der Waals surface area contributed by atoms with E-state index in [-0.39, 0.29) is 28.4 Å². The summed E-state index contributed by atoms with van der Waals surface area (Å²) in [7, 11) is 0. The SMILES string of the molecule is CC(C)c1ccc(N2c3ccc(C(C)C)cc3B3c4sc5c(c4N(c4ccc6c(c4)C(C)(C)CCC6(C)C)c4cc(N(c6ccccc6)c6cccc7c6oc6ccccc67)cc2c43)C(C)(C)CCC5(C)C)cc1. The van der Waals surface area contributed by atoms with Gasteiger partial charge in [-0.2, -0.15) is 11.3 Å². The van der Waals surface area contributed by atoms with Crippen molar-refractivity contribution >= 4 is 107 Å². The van der Waals surface area contributed by atoms with E-state index in [0.717, 1.165) is 58.3 Å². The van der Waals surface area contributed by atoms with E-state index in [1.165, 1.54) is 84.1 Å². The molecule has 7 aromatic carbocycles. The zero-order valence-corrected chi connectivity index (χ0v) is 46.4. The molecule has 0 unspecified atom stereocenters. The molecule has 0 atom stereocenters. The lowest BCUT2D eigenvalue weighted by Crippen LogP contribution is -2.60. The highest BCUT2D eigenvalue weighted by Gasteiger charge is 2.51. The first-order valence-electron chi connectivity index (χ1n) is 27.4. The number of para-hydroxylation sites is 3. The van der Waals surface area contributed by atoms with Gasteiger partial charge in [-0.1, -0.05) is 162 Å². The van der Waals surface area contributed by atoms with Crippen molar-refractivity contribution in [1.29, 1.82) is 0 Å². The maximum absolute atomic E-state index is 6.96. The van der Waals surface area contributed by atoms with Gasteiger partial charge in [-0.3, -0.25) is 0 Å². The Labute approximate surface area is 444 Å². The van der Waals surface area contributed by atoms with Crippen LogP contribution in [0.25, 0.3) is 21.9 Å². The summed E-state index contributed by atoms with van der Waals surface area (Å²) < 4.78 is 8.43. The van der Waals surface area contributed by atoms with Crippen molar-refractivity contribution in [3.63, 3.8) is 0 Å². The predicted octanol–water partition coefficient (Wildman–Crippen LogP) is 18.1. The van der Waals surface area contributed by atoms with Crippen LogP contribution < -0.4 is 30.4 Å². The number of furan rings is 1. The predicted molar refractivity (Wildman–Crippen MR) is 319 cm³/mol. The second-order valence-corrected chi connectivity index (χ2v) is 26.5. The first-order chi connectivity index (χ1) is 35.3. The second kappa shape index (κ2) is 16.5. The van der Waals surface area contributed by atoms with Gasteiger partial charge in [-0.05, 0) is 165 Å². The number of nitrogens with zero attached hydrogens (tertiary/aromatic N) is 3. The van der Waals surface area contributed by atoms with Crippen LogP contribution in [0.5, 0.6) is 0 Å². The Balaban J connectivity index is 1.20. The number of hydrogen-bond acceptors (Lipinski definition) is 5. The van der Waals surface area contributed by atoms with Crippen LogP contribution in [-0.2, 0) is 21.7 Å². The largest absolute Gasteiger partial charge is 0.454 e. The third-order valence-electron chi connectivity index (χ3n) is 18.0. The molecule has 0 spiro atoms. The normalized spacial score (nSPS) is 17.6. The molecule has 74 heavy (non-hydrogen) atoms. The zero-order chi connectivity index (χ0) is 51.4. The molecule has 0 radical (unpaired) electrons. The van der Waals surface area contributed by atoms with Gasteiger partial charge in [-0.15, -0.1) is 0 Å². The Morgan fingerprint density at radius 1 is 0.527 bits per heavy atom. The van der Waals surface area contributed by atoms with Crippen LogP contribution in [-0.4, -0.2) is 6.71 Å². The average molecular weight is 988 g/mol. The Bertz CT molecular complexity index is 3720. The smallest absolute Gasteiger partial charge is 0.264 e. The first kappa shape index (κ1) is 47.2. The lowest BCUT2D eigenvalue weighted by Gasteiger charge is -2.47. The Kier molecular flexibility index (Phi) is 10.5. The van der Waals surface area contributed by atoms with Crippen molar-refractivity contribution in [3.8, 4) is 0 Å². The van der Waals surface area contributed by atoms with Crippen molar-refractivity contribution in [2.24, 2.45) is 0 Å². The molecule has 4 heterocycles. The standard InChI is InChI=1S/C68H70BN3OS/c1-41(2)43-25-28-46(29-26-43)71-54-32-27-44(42(3)4)37-53(54)69-60-56(71)39-48(70(45-19-14-13-15-20-45)55-23-18-22-50-49-21-16-17-24-58(49)73-62(50)55)40-57(60)72(47-30-31-51-52(38-47)66(7,8)34-33-65(51,5)6)61-59-63(74-64(61)69)68(11,12)36-35-67(59,9)10/h13-32,37-42H,33-36H2,1-12H3. The minimum absolute atomic E-state index is 0.0133. The van der Waals surface area contributed by atoms with Gasteiger partial charge >= 0.3 is 0 Å². The second-order valence-electron chi connectivity index (χ2n) is 25.4. The van der Waals surface area contributed by atoms with Gasteiger partial charge in [0.1, 0.15) is 5.58 Å². The zero-order valence-electron chi connectivity index (χ0n) is 45.6. The Morgan fingerprint density at radius 3 is 1.88 bits per heavy atom. The average Bonchev–Trinajstić information content (AvgIpc) is 4.02. The first-order valence-corrected chi connectivity index (χ1v) is 28.2. The van der Waals surface area contributed by atoms with Crippen molar-refractivity contribution in [3.05, 3.63) is 178 Å². The molecule has 0 bridgehead atoms. The molecule has 6 heteroatoms. The Hall–Kier alpha value is -6.50. The molecule has 0 fully saturated rings. The van der Waals surface area contributed by atoms with E-state index in [1.54, 1.807) is 4.88 Å².